The highest BCUT2D eigenvalue weighted by atomic mass is 19.4. The zero-order chi connectivity index (χ0) is 15.3. The molecule has 0 aliphatic rings. The number of benzene rings is 2. The molecular formula is C17H18F3N. The average molecular weight is 293 g/mol. The van der Waals surface area contributed by atoms with Gasteiger partial charge >= 0.3 is 6.18 Å². The normalized spacial score (nSPS) is 13.1. The molecule has 0 bridgehead atoms. The van der Waals surface area contributed by atoms with Crippen molar-refractivity contribution >= 4 is 0 Å². The van der Waals surface area contributed by atoms with Gasteiger partial charge in [0.05, 0.1) is 5.56 Å². The fourth-order valence-electron chi connectivity index (χ4n) is 2.35. The second kappa shape index (κ2) is 6.76. The Morgan fingerprint density at radius 3 is 2.33 bits per heavy atom. The standard InChI is InChI=1S/C17H18F3N/c1-2-21-16(14-8-4-3-5-9-14)12-13-7-6-10-15(11-13)17(18,19)20/h3-11,16,21H,2,12H2,1H3. The maximum Gasteiger partial charge on any atom is 0.416 e. The number of nitrogens with one attached hydrogen (secondary N) is 1. The van der Waals surface area contributed by atoms with Crippen LogP contribution in [0.25, 0.3) is 0 Å². The number of hydrogen-bond acceptors (Lipinski definition) is 1. The van der Waals surface area contributed by atoms with E-state index in [1.165, 1.54) is 12.1 Å². The van der Waals surface area contributed by atoms with Crippen molar-refractivity contribution in [3.05, 3.63) is 71.3 Å². The minimum absolute atomic E-state index is 0.0136. The molecule has 0 fully saturated rings. The summed E-state index contributed by atoms with van der Waals surface area (Å²) in [7, 11) is 0. The molecule has 4 heteroatoms. The van der Waals surface area contributed by atoms with Crippen LogP contribution in [0.1, 0.15) is 29.7 Å². The molecule has 2 aromatic carbocycles. The highest BCUT2D eigenvalue weighted by molar-refractivity contribution is 5.28. The molecule has 1 N–H and O–H groups in total. The summed E-state index contributed by atoms with van der Waals surface area (Å²) in [6, 6.07) is 15.3. The number of alkyl halides is 3. The summed E-state index contributed by atoms with van der Waals surface area (Å²) in [5.74, 6) is 0. The molecule has 0 aliphatic carbocycles. The fourth-order valence-corrected chi connectivity index (χ4v) is 2.35. The van der Waals surface area contributed by atoms with Gasteiger partial charge in [0.15, 0.2) is 0 Å². The number of likely N-dealkylation sites (N-methyl/N-ethyl adjacent to an activating group) is 1. The first kappa shape index (κ1) is 15.6. The van der Waals surface area contributed by atoms with Crippen LogP contribution in [-0.2, 0) is 12.6 Å². The van der Waals surface area contributed by atoms with Gasteiger partial charge in [0.1, 0.15) is 0 Å². The molecule has 21 heavy (non-hydrogen) atoms. The fraction of sp³-hybridized carbons (Fsp3) is 0.294. The monoisotopic (exact) mass is 293 g/mol. The molecular weight excluding hydrogens is 275 g/mol. The van der Waals surface area contributed by atoms with E-state index in [9.17, 15) is 13.2 Å². The van der Waals surface area contributed by atoms with Gasteiger partial charge in [0.25, 0.3) is 0 Å². The van der Waals surface area contributed by atoms with Crippen molar-refractivity contribution in [2.24, 2.45) is 0 Å². The molecule has 2 aromatic rings. The van der Waals surface area contributed by atoms with Crippen LogP contribution in [0.5, 0.6) is 0 Å². The zero-order valence-corrected chi connectivity index (χ0v) is 11.8. The molecule has 0 heterocycles. The van der Waals surface area contributed by atoms with E-state index in [1.807, 2.05) is 37.3 Å². The topological polar surface area (TPSA) is 12.0 Å². The third-order valence-corrected chi connectivity index (χ3v) is 3.35. The van der Waals surface area contributed by atoms with Crippen LogP contribution < -0.4 is 5.32 Å². The van der Waals surface area contributed by atoms with E-state index in [0.717, 1.165) is 18.2 Å². The molecule has 0 aromatic heterocycles. The van der Waals surface area contributed by atoms with Gasteiger partial charge in [-0.2, -0.15) is 13.2 Å². The Labute approximate surface area is 122 Å². The number of rotatable bonds is 5. The van der Waals surface area contributed by atoms with E-state index in [-0.39, 0.29) is 6.04 Å². The lowest BCUT2D eigenvalue weighted by atomic mass is 9.97. The van der Waals surface area contributed by atoms with Gasteiger partial charge in [0.2, 0.25) is 0 Å². The lowest BCUT2D eigenvalue weighted by Crippen LogP contribution is -2.23. The third kappa shape index (κ3) is 4.33. The summed E-state index contributed by atoms with van der Waals surface area (Å²) in [6.07, 6.45) is -3.77. The molecule has 0 saturated carbocycles. The first-order chi connectivity index (χ1) is 10.0. The van der Waals surface area contributed by atoms with Crippen LogP contribution >= 0.6 is 0 Å². The van der Waals surface area contributed by atoms with E-state index in [2.05, 4.69) is 5.32 Å². The molecule has 2 rings (SSSR count). The molecule has 0 spiro atoms. The Morgan fingerprint density at radius 2 is 1.71 bits per heavy atom. The lowest BCUT2D eigenvalue weighted by molar-refractivity contribution is -0.137. The van der Waals surface area contributed by atoms with Crippen LogP contribution in [0.15, 0.2) is 54.6 Å². The van der Waals surface area contributed by atoms with Crippen molar-refractivity contribution in [3.63, 3.8) is 0 Å². The first-order valence-corrected chi connectivity index (χ1v) is 6.95. The summed E-state index contributed by atoms with van der Waals surface area (Å²) >= 11 is 0. The minimum Gasteiger partial charge on any atom is -0.310 e. The summed E-state index contributed by atoms with van der Waals surface area (Å²) in [6.45, 7) is 2.75. The highest BCUT2D eigenvalue weighted by Crippen LogP contribution is 2.30. The molecule has 1 atom stereocenters. The summed E-state index contributed by atoms with van der Waals surface area (Å²) in [5, 5.41) is 3.32. The molecule has 0 amide bonds. The van der Waals surface area contributed by atoms with Crippen LogP contribution in [0.3, 0.4) is 0 Å². The van der Waals surface area contributed by atoms with Crippen molar-refractivity contribution in [2.75, 3.05) is 6.54 Å². The Bertz CT molecular complexity index is 564. The second-order valence-corrected chi connectivity index (χ2v) is 4.92. The largest absolute Gasteiger partial charge is 0.416 e. The number of hydrogen-bond donors (Lipinski definition) is 1. The third-order valence-electron chi connectivity index (χ3n) is 3.35. The molecule has 1 unspecified atom stereocenters. The maximum atomic E-state index is 12.8. The minimum atomic E-state index is -4.30. The Balaban J connectivity index is 2.21. The lowest BCUT2D eigenvalue weighted by Gasteiger charge is -2.19. The number of halogens is 3. The first-order valence-electron chi connectivity index (χ1n) is 6.95. The smallest absolute Gasteiger partial charge is 0.310 e. The van der Waals surface area contributed by atoms with Gasteiger partial charge in [0, 0.05) is 6.04 Å². The van der Waals surface area contributed by atoms with Crippen molar-refractivity contribution in [2.45, 2.75) is 25.6 Å². The molecule has 112 valence electrons. The summed E-state index contributed by atoms with van der Waals surface area (Å²) in [5.41, 5.74) is 1.17. The van der Waals surface area contributed by atoms with Crippen molar-refractivity contribution < 1.29 is 13.2 Å². The predicted molar refractivity (Wildman–Crippen MR) is 78.0 cm³/mol. The predicted octanol–water partition coefficient (Wildman–Crippen LogP) is 4.60. The van der Waals surface area contributed by atoms with E-state index in [0.29, 0.717) is 12.0 Å². The second-order valence-electron chi connectivity index (χ2n) is 4.92. The molecule has 0 aliphatic heterocycles. The van der Waals surface area contributed by atoms with E-state index >= 15 is 0 Å². The average Bonchev–Trinajstić information content (AvgIpc) is 2.47. The van der Waals surface area contributed by atoms with Crippen molar-refractivity contribution in [3.8, 4) is 0 Å². The van der Waals surface area contributed by atoms with E-state index in [1.54, 1.807) is 6.07 Å². The van der Waals surface area contributed by atoms with Gasteiger partial charge in [-0.05, 0) is 30.2 Å². The zero-order valence-electron chi connectivity index (χ0n) is 11.8. The van der Waals surface area contributed by atoms with Crippen LogP contribution in [0, 0.1) is 0 Å². The van der Waals surface area contributed by atoms with E-state index in [4.69, 9.17) is 0 Å². The molecule has 1 nitrogen and oxygen atoms in total. The Kier molecular flexibility index (Phi) is 5.02. The van der Waals surface area contributed by atoms with Gasteiger partial charge in [-0.3, -0.25) is 0 Å². The van der Waals surface area contributed by atoms with Gasteiger partial charge in [-0.1, -0.05) is 55.5 Å². The Morgan fingerprint density at radius 1 is 1.00 bits per heavy atom. The van der Waals surface area contributed by atoms with Crippen LogP contribution in [0.2, 0.25) is 0 Å². The SMILES string of the molecule is CCNC(Cc1cccc(C(F)(F)F)c1)c1ccccc1. The van der Waals surface area contributed by atoms with Gasteiger partial charge in [-0.15, -0.1) is 0 Å². The highest BCUT2D eigenvalue weighted by Gasteiger charge is 2.30. The molecule has 0 saturated heterocycles. The maximum absolute atomic E-state index is 12.8. The Hall–Kier alpha value is -1.81. The summed E-state index contributed by atoms with van der Waals surface area (Å²) < 4.78 is 38.3. The van der Waals surface area contributed by atoms with Gasteiger partial charge in [-0.25, -0.2) is 0 Å². The van der Waals surface area contributed by atoms with Crippen LogP contribution in [0.4, 0.5) is 13.2 Å². The quantitative estimate of drug-likeness (QED) is 0.849. The van der Waals surface area contributed by atoms with Crippen LogP contribution in [-0.4, -0.2) is 6.54 Å². The van der Waals surface area contributed by atoms with Crippen molar-refractivity contribution in [1.82, 2.24) is 5.32 Å². The van der Waals surface area contributed by atoms with E-state index < -0.39 is 11.7 Å². The summed E-state index contributed by atoms with van der Waals surface area (Å²) in [4.78, 5) is 0. The molecule has 0 radical (unpaired) electrons. The van der Waals surface area contributed by atoms with Crippen molar-refractivity contribution in [1.29, 1.82) is 0 Å². The van der Waals surface area contributed by atoms with Gasteiger partial charge < -0.3 is 5.32 Å².